The number of rotatable bonds is 5. The molecular weight excluding hydrogens is 218 g/mol. The molecule has 2 aliphatic rings. The molecule has 18 heavy (non-hydrogen) atoms. The van der Waals surface area contributed by atoms with Crippen LogP contribution in [0.25, 0.3) is 0 Å². The molecule has 0 radical (unpaired) electrons. The molecule has 2 rings (SSSR count). The van der Waals surface area contributed by atoms with Crippen molar-refractivity contribution in [2.45, 2.75) is 77.7 Å². The quantitative estimate of drug-likeness (QED) is 0.752. The molecular formula is C17H33N. The third kappa shape index (κ3) is 3.73. The van der Waals surface area contributed by atoms with E-state index in [1.165, 1.54) is 57.8 Å². The van der Waals surface area contributed by atoms with Crippen molar-refractivity contribution < 1.29 is 0 Å². The Hall–Kier alpha value is -0.0400. The van der Waals surface area contributed by atoms with Crippen LogP contribution in [0.15, 0.2) is 0 Å². The highest BCUT2D eigenvalue weighted by Crippen LogP contribution is 2.37. The van der Waals surface area contributed by atoms with Crippen molar-refractivity contribution >= 4 is 0 Å². The molecule has 1 N–H and O–H groups in total. The third-order valence-electron chi connectivity index (χ3n) is 5.94. The number of hydrogen-bond acceptors (Lipinski definition) is 1. The van der Waals surface area contributed by atoms with Gasteiger partial charge in [0.1, 0.15) is 0 Å². The Kier molecular flexibility index (Phi) is 5.54. The predicted octanol–water partition coefficient (Wildman–Crippen LogP) is 4.62. The fourth-order valence-corrected chi connectivity index (χ4v) is 4.28. The van der Waals surface area contributed by atoms with Gasteiger partial charge in [-0.15, -0.1) is 0 Å². The molecule has 0 aromatic rings. The monoisotopic (exact) mass is 251 g/mol. The lowest BCUT2D eigenvalue weighted by Crippen LogP contribution is -2.38. The van der Waals surface area contributed by atoms with Crippen LogP contribution in [0.5, 0.6) is 0 Å². The normalized spacial score (nSPS) is 35.8. The summed E-state index contributed by atoms with van der Waals surface area (Å²) in [5.74, 6) is 3.89. The van der Waals surface area contributed by atoms with Crippen LogP contribution in [0.4, 0.5) is 0 Å². The second-order valence-corrected chi connectivity index (χ2v) is 7.15. The highest BCUT2D eigenvalue weighted by atomic mass is 14.9. The van der Waals surface area contributed by atoms with E-state index in [2.05, 4.69) is 26.2 Å². The lowest BCUT2D eigenvalue weighted by molar-refractivity contribution is 0.166. The van der Waals surface area contributed by atoms with Gasteiger partial charge in [-0.3, -0.25) is 0 Å². The zero-order valence-corrected chi connectivity index (χ0v) is 12.8. The van der Waals surface area contributed by atoms with Gasteiger partial charge in [-0.1, -0.05) is 46.0 Å². The minimum absolute atomic E-state index is 0.792. The third-order valence-corrected chi connectivity index (χ3v) is 5.94. The zero-order chi connectivity index (χ0) is 13.0. The highest BCUT2D eigenvalue weighted by molar-refractivity contribution is 4.84. The van der Waals surface area contributed by atoms with Crippen molar-refractivity contribution in [3.8, 4) is 0 Å². The standard InChI is InChI=1S/C17H33N/c1-13-8-10-16(12-14(13)2)17(18-3)11-9-15-6-4-5-7-15/h13-18H,4-12H2,1-3H3. The van der Waals surface area contributed by atoms with Crippen LogP contribution in [0.1, 0.15) is 71.6 Å². The number of nitrogens with one attached hydrogen (secondary N) is 1. The second-order valence-electron chi connectivity index (χ2n) is 7.15. The molecule has 0 aliphatic heterocycles. The molecule has 0 bridgehead atoms. The first-order valence-corrected chi connectivity index (χ1v) is 8.38. The van der Waals surface area contributed by atoms with Crippen LogP contribution >= 0.6 is 0 Å². The van der Waals surface area contributed by atoms with Crippen molar-refractivity contribution in [1.29, 1.82) is 0 Å². The summed E-state index contributed by atoms with van der Waals surface area (Å²) in [6.07, 6.45) is 13.3. The predicted molar refractivity (Wildman–Crippen MR) is 79.7 cm³/mol. The zero-order valence-electron chi connectivity index (χ0n) is 12.8. The Morgan fingerprint density at radius 3 is 2.33 bits per heavy atom. The molecule has 0 amide bonds. The summed E-state index contributed by atoms with van der Waals surface area (Å²) in [6, 6.07) is 0.792. The lowest BCUT2D eigenvalue weighted by atomic mass is 9.72. The fraction of sp³-hybridized carbons (Fsp3) is 1.00. The molecule has 1 nitrogen and oxygen atoms in total. The molecule has 0 aromatic carbocycles. The average Bonchev–Trinajstić information content (AvgIpc) is 2.87. The molecule has 2 aliphatic carbocycles. The maximum absolute atomic E-state index is 3.63. The Bertz CT molecular complexity index is 232. The van der Waals surface area contributed by atoms with Crippen molar-refractivity contribution in [3.05, 3.63) is 0 Å². The van der Waals surface area contributed by atoms with E-state index in [0.29, 0.717) is 0 Å². The Balaban J connectivity index is 1.76. The molecule has 0 heterocycles. The first kappa shape index (κ1) is 14.4. The van der Waals surface area contributed by atoms with Crippen LogP contribution in [0.2, 0.25) is 0 Å². The lowest BCUT2D eigenvalue weighted by Gasteiger charge is -2.37. The van der Waals surface area contributed by atoms with E-state index in [9.17, 15) is 0 Å². The maximum atomic E-state index is 3.63. The Morgan fingerprint density at radius 2 is 1.72 bits per heavy atom. The van der Waals surface area contributed by atoms with Crippen molar-refractivity contribution in [2.75, 3.05) is 7.05 Å². The van der Waals surface area contributed by atoms with E-state index in [1.807, 2.05) is 0 Å². The van der Waals surface area contributed by atoms with Crippen LogP contribution in [0.3, 0.4) is 0 Å². The van der Waals surface area contributed by atoms with Crippen LogP contribution in [-0.2, 0) is 0 Å². The smallest absolute Gasteiger partial charge is 0.00925 e. The second kappa shape index (κ2) is 6.93. The van der Waals surface area contributed by atoms with E-state index in [-0.39, 0.29) is 0 Å². The van der Waals surface area contributed by atoms with Gasteiger partial charge in [0.2, 0.25) is 0 Å². The average molecular weight is 251 g/mol. The van der Waals surface area contributed by atoms with Gasteiger partial charge in [0, 0.05) is 6.04 Å². The van der Waals surface area contributed by atoms with Gasteiger partial charge in [-0.25, -0.2) is 0 Å². The fourth-order valence-electron chi connectivity index (χ4n) is 4.28. The van der Waals surface area contributed by atoms with E-state index < -0.39 is 0 Å². The van der Waals surface area contributed by atoms with Gasteiger partial charge in [-0.2, -0.15) is 0 Å². The summed E-state index contributed by atoms with van der Waals surface area (Å²) in [4.78, 5) is 0. The van der Waals surface area contributed by atoms with Gasteiger partial charge >= 0.3 is 0 Å². The molecule has 2 fully saturated rings. The minimum atomic E-state index is 0.792. The Labute approximate surface area is 114 Å². The summed E-state index contributed by atoms with van der Waals surface area (Å²) in [5.41, 5.74) is 0. The number of hydrogen-bond donors (Lipinski definition) is 1. The van der Waals surface area contributed by atoms with Crippen molar-refractivity contribution in [3.63, 3.8) is 0 Å². The summed E-state index contributed by atoms with van der Waals surface area (Å²) in [6.45, 7) is 4.90. The molecule has 0 aromatic heterocycles. The first-order valence-electron chi connectivity index (χ1n) is 8.38. The van der Waals surface area contributed by atoms with Crippen LogP contribution < -0.4 is 5.32 Å². The summed E-state index contributed by atoms with van der Waals surface area (Å²) in [5, 5.41) is 3.63. The molecule has 1 heteroatoms. The summed E-state index contributed by atoms with van der Waals surface area (Å²) < 4.78 is 0. The summed E-state index contributed by atoms with van der Waals surface area (Å²) >= 11 is 0. The van der Waals surface area contributed by atoms with E-state index in [0.717, 1.165) is 29.7 Å². The molecule has 106 valence electrons. The molecule has 0 saturated heterocycles. The van der Waals surface area contributed by atoms with E-state index >= 15 is 0 Å². The largest absolute Gasteiger partial charge is 0.317 e. The maximum Gasteiger partial charge on any atom is 0.00925 e. The minimum Gasteiger partial charge on any atom is -0.317 e. The van der Waals surface area contributed by atoms with Gasteiger partial charge < -0.3 is 5.32 Å². The van der Waals surface area contributed by atoms with Gasteiger partial charge in [0.05, 0.1) is 0 Å². The highest BCUT2D eigenvalue weighted by Gasteiger charge is 2.29. The molecule has 0 spiro atoms. The topological polar surface area (TPSA) is 12.0 Å². The van der Waals surface area contributed by atoms with Gasteiger partial charge in [-0.05, 0) is 56.4 Å². The van der Waals surface area contributed by atoms with Crippen molar-refractivity contribution in [1.82, 2.24) is 5.32 Å². The summed E-state index contributed by atoms with van der Waals surface area (Å²) in [7, 11) is 2.18. The van der Waals surface area contributed by atoms with Crippen molar-refractivity contribution in [2.24, 2.45) is 23.7 Å². The van der Waals surface area contributed by atoms with E-state index in [4.69, 9.17) is 0 Å². The van der Waals surface area contributed by atoms with Crippen LogP contribution in [-0.4, -0.2) is 13.1 Å². The first-order chi connectivity index (χ1) is 8.70. The van der Waals surface area contributed by atoms with E-state index in [1.54, 1.807) is 0 Å². The Morgan fingerprint density at radius 1 is 1.00 bits per heavy atom. The molecule has 4 unspecified atom stereocenters. The van der Waals surface area contributed by atoms with Gasteiger partial charge in [0.25, 0.3) is 0 Å². The molecule has 4 atom stereocenters. The van der Waals surface area contributed by atoms with Crippen LogP contribution in [0, 0.1) is 23.7 Å². The van der Waals surface area contributed by atoms with Gasteiger partial charge in [0.15, 0.2) is 0 Å². The molecule has 2 saturated carbocycles. The SMILES string of the molecule is CNC(CCC1CCCC1)C1CCC(C)C(C)C1.